The predicted molar refractivity (Wildman–Crippen MR) is 133 cm³/mol. The minimum Gasteiger partial charge on any atom is -0.405 e. The van der Waals surface area contributed by atoms with E-state index >= 15 is 0 Å². The zero-order valence-corrected chi connectivity index (χ0v) is 20.2. The monoisotopic (exact) mass is 496 g/mol. The first-order valence-electron chi connectivity index (χ1n) is 11.4. The summed E-state index contributed by atoms with van der Waals surface area (Å²) < 4.78 is 43.5. The van der Waals surface area contributed by atoms with Gasteiger partial charge in [-0.25, -0.2) is 0 Å². The number of carbonyl (C=O) groups excluding carboxylic acids is 1. The number of para-hydroxylation sites is 1. The molecule has 4 aromatic rings. The first-order chi connectivity index (χ1) is 17.0. The van der Waals surface area contributed by atoms with Gasteiger partial charge in [0, 0.05) is 17.1 Å². The Hall–Kier alpha value is -3.78. The summed E-state index contributed by atoms with van der Waals surface area (Å²) in [5.41, 5.74) is 3.65. The molecule has 1 unspecified atom stereocenters. The lowest BCUT2D eigenvalue weighted by molar-refractivity contribution is -0.274. The maximum Gasteiger partial charge on any atom is 0.573 e. The van der Waals surface area contributed by atoms with Gasteiger partial charge in [-0.1, -0.05) is 53.6 Å². The number of hydrogen-bond acceptors (Lipinski definition) is 3. The fourth-order valence-corrected chi connectivity index (χ4v) is 4.42. The molecular weight excluding hydrogens is 469 g/mol. The van der Waals surface area contributed by atoms with Gasteiger partial charge in [0.05, 0.1) is 17.7 Å². The van der Waals surface area contributed by atoms with Crippen LogP contribution in [0.15, 0.2) is 66.9 Å². The van der Waals surface area contributed by atoms with Gasteiger partial charge in [-0.15, -0.1) is 13.2 Å². The zero-order chi connectivity index (χ0) is 26.1. The molecule has 1 amide bonds. The number of amides is 1. The number of rotatable bonds is 7. The molecular formula is C28H27F3N2O3. The van der Waals surface area contributed by atoms with Crippen LogP contribution >= 0.6 is 0 Å². The highest BCUT2D eigenvalue weighted by Crippen LogP contribution is 2.32. The second-order valence-corrected chi connectivity index (χ2v) is 9.34. The first kappa shape index (κ1) is 25.3. The number of fused-ring (bicyclic) bond motifs is 1. The third-order valence-electron chi connectivity index (χ3n) is 6.02. The number of ether oxygens (including phenoxy) is 1. The highest BCUT2D eigenvalue weighted by atomic mass is 19.4. The smallest absolute Gasteiger partial charge is 0.405 e. The molecule has 1 heterocycles. The third-order valence-corrected chi connectivity index (χ3v) is 6.02. The van der Waals surface area contributed by atoms with Crippen molar-refractivity contribution in [2.45, 2.75) is 39.1 Å². The molecule has 0 spiro atoms. The summed E-state index contributed by atoms with van der Waals surface area (Å²) in [6.45, 7) is 5.06. The maximum atomic E-state index is 13.4. The number of aliphatic hydroxyl groups excluding tert-OH is 1. The van der Waals surface area contributed by atoms with Gasteiger partial charge in [-0.05, 0) is 62.1 Å². The van der Waals surface area contributed by atoms with Gasteiger partial charge in [0.15, 0.2) is 0 Å². The van der Waals surface area contributed by atoms with Crippen LogP contribution < -0.4 is 10.1 Å². The van der Waals surface area contributed by atoms with E-state index in [0.717, 1.165) is 39.2 Å². The summed E-state index contributed by atoms with van der Waals surface area (Å²) >= 11 is 0. The van der Waals surface area contributed by atoms with Crippen molar-refractivity contribution < 1.29 is 27.8 Å². The van der Waals surface area contributed by atoms with Gasteiger partial charge in [0.2, 0.25) is 0 Å². The number of alkyl halides is 3. The molecule has 1 aromatic heterocycles. The van der Waals surface area contributed by atoms with Crippen molar-refractivity contribution in [1.29, 1.82) is 0 Å². The Balaban J connectivity index is 1.69. The molecule has 0 bridgehead atoms. The van der Waals surface area contributed by atoms with E-state index in [0.29, 0.717) is 5.56 Å². The number of aromatic amines is 1. The van der Waals surface area contributed by atoms with E-state index < -0.39 is 30.2 Å². The fourth-order valence-electron chi connectivity index (χ4n) is 4.42. The number of nitrogens with one attached hydrogen (secondary N) is 2. The highest BCUT2D eigenvalue weighted by molar-refractivity contribution is 5.99. The van der Waals surface area contributed by atoms with Crippen molar-refractivity contribution in [2.75, 3.05) is 6.61 Å². The maximum absolute atomic E-state index is 13.4. The summed E-state index contributed by atoms with van der Waals surface area (Å²) in [6, 6.07) is 17.4. The van der Waals surface area contributed by atoms with Crippen LogP contribution in [-0.2, 0) is 6.42 Å². The molecule has 3 N–H and O–H groups in total. The molecule has 4 rings (SSSR count). The number of aliphatic hydroxyl groups is 1. The Labute approximate surface area is 206 Å². The molecule has 8 heteroatoms. The molecule has 36 heavy (non-hydrogen) atoms. The summed E-state index contributed by atoms with van der Waals surface area (Å²) in [4.78, 5) is 16.5. The Kier molecular flexibility index (Phi) is 6.82. The fraction of sp³-hybridized carbons (Fsp3) is 0.250. The third kappa shape index (κ3) is 5.71. The van der Waals surface area contributed by atoms with Crippen LogP contribution in [0.4, 0.5) is 13.2 Å². The van der Waals surface area contributed by atoms with E-state index in [1.807, 2.05) is 56.3 Å². The molecule has 3 aromatic carbocycles. The zero-order valence-electron chi connectivity index (χ0n) is 20.2. The van der Waals surface area contributed by atoms with Crippen molar-refractivity contribution in [2.24, 2.45) is 0 Å². The number of halogens is 3. The largest absolute Gasteiger partial charge is 0.573 e. The molecule has 0 fully saturated rings. The molecule has 1 atom stereocenters. The van der Waals surface area contributed by atoms with E-state index in [1.165, 1.54) is 12.1 Å². The second kappa shape index (κ2) is 9.70. The van der Waals surface area contributed by atoms with Gasteiger partial charge >= 0.3 is 6.36 Å². The van der Waals surface area contributed by atoms with E-state index in [9.17, 15) is 23.1 Å². The van der Waals surface area contributed by atoms with Crippen LogP contribution in [0.5, 0.6) is 5.75 Å². The van der Waals surface area contributed by atoms with Crippen LogP contribution in [0.1, 0.15) is 34.0 Å². The van der Waals surface area contributed by atoms with Crippen LogP contribution in [0, 0.1) is 13.8 Å². The van der Waals surface area contributed by atoms with Gasteiger partial charge < -0.3 is 20.1 Å². The van der Waals surface area contributed by atoms with Crippen molar-refractivity contribution >= 4 is 16.8 Å². The second-order valence-electron chi connectivity index (χ2n) is 9.34. The van der Waals surface area contributed by atoms with Crippen LogP contribution in [-0.4, -0.2) is 34.5 Å². The van der Waals surface area contributed by atoms with Crippen LogP contribution in [0.3, 0.4) is 0 Å². The van der Waals surface area contributed by atoms with E-state index in [1.54, 1.807) is 13.1 Å². The van der Waals surface area contributed by atoms with E-state index in [2.05, 4.69) is 15.0 Å². The average molecular weight is 497 g/mol. The first-order valence-corrected chi connectivity index (χ1v) is 11.4. The molecule has 0 aliphatic rings. The van der Waals surface area contributed by atoms with Crippen molar-refractivity contribution in [1.82, 2.24) is 10.3 Å². The quantitative estimate of drug-likeness (QED) is 0.291. The predicted octanol–water partition coefficient (Wildman–Crippen LogP) is 6.07. The molecule has 0 aliphatic heterocycles. The number of aryl methyl sites for hydroxylation is 2. The highest BCUT2D eigenvalue weighted by Gasteiger charge is 2.34. The van der Waals surface area contributed by atoms with Gasteiger partial charge in [0.25, 0.3) is 5.91 Å². The molecule has 0 saturated heterocycles. The van der Waals surface area contributed by atoms with Crippen molar-refractivity contribution in [3.63, 3.8) is 0 Å². The number of H-pyrrole nitrogens is 1. The molecule has 5 nitrogen and oxygen atoms in total. The Morgan fingerprint density at radius 2 is 1.69 bits per heavy atom. The summed E-state index contributed by atoms with van der Waals surface area (Å²) in [5, 5.41) is 13.8. The van der Waals surface area contributed by atoms with Gasteiger partial charge in [-0.3, -0.25) is 4.79 Å². The lowest BCUT2D eigenvalue weighted by Gasteiger charge is -2.29. The molecule has 0 radical (unpaired) electrons. The lowest BCUT2D eigenvalue weighted by Crippen LogP contribution is -2.50. The van der Waals surface area contributed by atoms with Crippen molar-refractivity contribution in [3.05, 3.63) is 89.1 Å². The van der Waals surface area contributed by atoms with Crippen LogP contribution in [0.2, 0.25) is 0 Å². The molecule has 188 valence electrons. The average Bonchev–Trinajstić information content (AvgIpc) is 3.20. The van der Waals surface area contributed by atoms with Crippen LogP contribution in [0.25, 0.3) is 22.0 Å². The number of aromatic nitrogens is 1. The Bertz CT molecular complexity index is 1390. The number of carbonyl (C=O) groups is 1. The Morgan fingerprint density at radius 1 is 1.00 bits per heavy atom. The summed E-state index contributed by atoms with van der Waals surface area (Å²) in [6.07, 6.45) is -2.92. The number of benzene rings is 3. The molecule has 0 aliphatic carbocycles. The minimum atomic E-state index is -4.97. The Morgan fingerprint density at radius 3 is 2.36 bits per heavy atom. The summed E-state index contributed by atoms with van der Waals surface area (Å²) in [5.74, 6) is -1.39. The summed E-state index contributed by atoms with van der Waals surface area (Å²) in [7, 11) is 0. The van der Waals surface area contributed by atoms with E-state index in [-0.39, 0.29) is 12.0 Å². The lowest BCUT2D eigenvalue weighted by atomic mass is 9.92. The minimum absolute atomic E-state index is 0.255. The normalized spacial score (nSPS) is 13.4. The standard InChI is InChI=1S/C28H27F3N2O3/c1-17-10-18(2)12-20(11-17)19-8-9-25(36-28(29,30)31)23(13-19)26(35)33-27(3,16-34)14-21-15-32-24-7-5-4-6-22(21)24/h4-13,15,32,34H,14,16H2,1-3H3,(H,33,35). The van der Waals surface area contributed by atoms with E-state index in [4.69, 9.17) is 0 Å². The molecule has 0 saturated carbocycles. The number of hydrogen-bond donors (Lipinski definition) is 3. The van der Waals surface area contributed by atoms with Crippen molar-refractivity contribution in [3.8, 4) is 16.9 Å². The topological polar surface area (TPSA) is 74.3 Å². The van der Waals surface area contributed by atoms with Gasteiger partial charge in [-0.2, -0.15) is 0 Å². The SMILES string of the molecule is Cc1cc(C)cc(-c2ccc(OC(F)(F)F)c(C(=O)NC(C)(CO)Cc3c[nH]c4ccccc34)c2)c1. The van der Waals surface area contributed by atoms with Gasteiger partial charge in [0.1, 0.15) is 5.75 Å².